The second-order valence-corrected chi connectivity index (χ2v) is 4.33. The number of aryl methyl sites for hydroxylation is 2. The SMILES string of the molecule is Cc1cc2cc(C)c(C#N)c(=O)n2c(N)c1C(N)=O. The van der Waals surface area contributed by atoms with Gasteiger partial charge in [-0.15, -0.1) is 0 Å². The van der Waals surface area contributed by atoms with Crippen LogP contribution in [0.4, 0.5) is 5.82 Å². The van der Waals surface area contributed by atoms with Gasteiger partial charge in [-0.05, 0) is 37.1 Å². The average molecular weight is 256 g/mol. The van der Waals surface area contributed by atoms with Crippen LogP contribution >= 0.6 is 0 Å². The molecule has 1 amide bonds. The summed E-state index contributed by atoms with van der Waals surface area (Å²) in [5.41, 5.74) is 12.4. The van der Waals surface area contributed by atoms with Crippen LogP contribution in [0.25, 0.3) is 5.52 Å². The summed E-state index contributed by atoms with van der Waals surface area (Å²) in [6, 6.07) is 5.16. The topological polar surface area (TPSA) is 114 Å². The standard InChI is InChI=1S/C13H12N4O2/c1-6-3-8-4-7(2)10(12(16)18)11(15)17(8)13(19)9(6)5-14/h3-4H,15H2,1-2H3,(H2,16,18). The summed E-state index contributed by atoms with van der Waals surface area (Å²) in [5, 5.41) is 8.99. The molecule has 2 heterocycles. The molecule has 0 spiro atoms. The van der Waals surface area contributed by atoms with Gasteiger partial charge in [0.25, 0.3) is 11.5 Å². The third-order valence-electron chi connectivity index (χ3n) is 3.05. The Morgan fingerprint density at radius 3 is 2.42 bits per heavy atom. The molecule has 0 aliphatic carbocycles. The van der Waals surface area contributed by atoms with Gasteiger partial charge >= 0.3 is 0 Å². The summed E-state index contributed by atoms with van der Waals surface area (Å²) in [6.07, 6.45) is 0. The van der Waals surface area contributed by atoms with Crippen molar-refractivity contribution in [3.63, 3.8) is 0 Å². The number of nitrogens with two attached hydrogens (primary N) is 2. The lowest BCUT2D eigenvalue weighted by atomic mass is 10.1. The van der Waals surface area contributed by atoms with E-state index < -0.39 is 11.5 Å². The van der Waals surface area contributed by atoms with Crippen molar-refractivity contribution in [3.8, 4) is 6.07 Å². The molecule has 0 aromatic carbocycles. The Kier molecular flexibility index (Phi) is 2.75. The first-order valence-electron chi connectivity index (χ1n) is 5.53. The molecule has 2 aromatic rings. The van der Waals surface area contributed by atoms with E-state index in [2.05, 4.69) is 0 Å². The van der Waals surface area contributed by atoms with Crippen LogP contribution in [0.15, 0.2) is 16.9 Å². The highest BCUT2D eigenvalue weighted by Crippen LogP contribution is 2.20. The number of carbonyl (C=O) groups excluding carboxylic acids is 1. The van der Waals surface area contributed by atoms with E-state index in [1.54, 1.807) is 26.0 Å². The fourth-order valence-corrected chi connectivity index (χ4v) is 2.18. The molecule has 2 rings (SSSR count). The van der Waals surface area contributed by atoms with Crippen molar-refractivity contribution in [1.82, 2.24) is 4.40 Å². The second-order valence-electron chi connectivity index (χ2n) is 4.33. The van der Waals surface area contributed by atoms with E-state index >= 15 is 0 Å². The molecule has 6 nitrogen and oxygen atoms in total. The number of pyridine rings is 2. The molecule has 0 saturated heterocycles. The van der Waals surface area contributed by atoms with Gasteiger partial charge in [-0.25, -0.2) is 0 Å². The maximum absolute atomic E-state index is 12.2. The first-order valence-corrected chi connectivity index (χ1v) is 5.53. The molecule has 19 heavy (non-hydrogen) atoms. The highest BCUT2D eigenvalue weighted by molar-refractivity contribution is 5.99. The number of amides is 1. The predicted molar refractivity (Wildman–Crippen MR) is 70.8 cm³/mol. The number of nitrogens with zero attached hydrogens (tertiary/aromatic N) is 2. The van der Waals surface area contributed by atoms with Crippen LogP contribution in [0.3, 0.4) is 0 Å². The van der Waals surface area contributed by atoms with Crippen molar-refractivity contribution in [2.75, 3.05) is 5.73 Å². The third-order valence-corrected chi connectivity index (χ3v) is 3.05. The molecule has 0 unspecified atom stereocenters. The number of anilines is 1. The first kappa shape index (κ1) is 12.6. The summed E-state index contributed by atoms with van der Waals surface area (Å²) in [6.45, 7) is 3.36. The summed E-state index contributed by atoms with van der Waals surface area (Å²) in [7, 11) is 0. The van der Waals surface area contributed by atoms with Gasteiger partial charge in [-0.2, -0.15) is 5.26 Å². The number of hydrogen-bond acceptors (Lipinski definition) is 4. The van der Waals surface area contributed by atoms with Gasteiger partial charge in [0.15, 0.2) is 0 Å². The molecule has 0 aliphatic rings. The van der Waals surface area contributed by atoms with E-state index in [1.165, 1.54) is 0 Å². The molecule has 2 aromatic heterocycles. The van der Waals surface area contributed by atoms with Crippen molar-refractivity contribution < 1.29 is 4.79 Å². The van der Waals surface area contributed by atoms with Crippen LogP contribution in [0, 0.1) is 25.2 Å². The molecule has 0 saturated carbocycles. The lowest BCUT2D eigenvalue weighted by Gasteiger charge is -2.12. The molecule has 96 valence electrons. The summed E-state index contributed by atoms with van der Waals surface area (Å²) < 4.78 is 1.14. The largest absolute Gasteiger partial charge is 0.384 e. The zero-order valence-corrected chi connectivity index (χ0v) is 10.5. The Morgan fingerprint density at radius 2 is 1.89 bits per heavy atom. The third kappa shape index (κ3) is 1.72. The number of hydrogen-bond donors (Lipinski definition) is 2. The first-order chi connectivity index (χ1) is 8.88. The number of fused-ring (bicyclic) bond motifs is 1. The molecule has 0 aliphatic heterocycles. The van der Waals surface area contributed by atoms with Crippen LogP contribution in [-0.4, -0.2) is 10.3 Å². The van der Waals surface area contributed by atoms with Crippen molar-refractivity contribution >= 4 is 17.2 Å². The summed E-state index contributed by atoms with van der Waals surface area (Å²) in [4.78, 5) is 23.6. The molecular formula is C13H12N4O2. The van der Waals surface area contributed by atoms with Crippen LogP contribution < -0.4 is 17.0 Å². The van der Waals surface area contributed by atoms with Crippen LogP contribution in [0.2, 0.25) is 0 Å². The second kappa shape index (κ2) is 4.14. The minimum atomic E-state index is -0.706. The minimum Gasteiger partial charge on any atom is -0.384 e. The Morgan fingerprint density at radius 1 is 1.32 bits per heavy atom. The Labute approximate surface area is 108 Å². The quantitative estimate of drug-likeness (QED) is 0.771. The van der Waals surface area contributed by atoms with E-state index in [-0.39, 0.29) is 16.9 Å². The molecular weight excluding hydrogens is 244 g/mol. The summed E-state index contributed by atoms with van der Waals surface area (Å²) in [5.74, 6) is -0.744. The number of aromatic nitrogens is 1. The smallest absolute Gasteiger partial charge is 0.274 e. The summed E-state index contributed by atoms with van der Waals surface area (Å²) >= 11 is 0. The normalized spacial score (nSPS) is 10.4. The van der Waals surface area contributed by atoms with Crippen molar-refractivity contribution in [2.45, 2.75) is 13.8 Å². The monoisotopic (exact) mass is 256 g/mol. The van der Waals surface area contributed by atoms with E-state index in [0.29, 0.717) is 16.6 Å². The number of rotatable bonds is 1. The maximum Gasteiger partial charge on any atom is 0.274 e. The highest BCUT2D eigenvalue weighted by Gasteiger charge is 2.16. The zero-order chi connectivity index (χ0) is 14.3. The van der Waals surface area contributed by atoms with Gasteiger partial charge in [-0.3, -0.25) is 14.0 Å². The van der Waals surface area contributed by atoms with Gasteiger partial charge in [0.1, 0.15) is 17.5 Å². The lowest BCUT2D eigenvalue weighted by molar-refractivity contribution is 0.1000. The Bertz CT molecular complexity index is 812. The average Bonchev–Trinajstić information content (AvgIpc) is 2.27. The van der Waals surface area contributed by atoms with Crippen LogP contribution in [-0.2, 0) is 0 Å². The van der Waals surface area contributed by atoms with Gasteiger partial charge in [0.2, 0.25) is 0 Å². The molecule has 0 fully saturated rings. The highest BCUT2D eigenvalue weighted by atomic mass is 16.1. The van der Waals surface area contributed by atoms with Crippen LogP contribution in [0.5, 0.6) is 0 Å². The van der Waals surface area contributed by atoms with Crippen molar-refractivity contribution in [3.05, 3.63) is 44.7 Å². The van der Waals surface area contributed by atoms with Crippen LogP contribution in [0.1, 0.15) is 27.0 Å². The molecule has 4 N–H and O–H groups in total. The Hall–Kier alpha value is -2.81. The fraction of sp³-hybridized carbons (Fsp3) is 0.154. The zero-order valence-electron chi connectivity index (χ0n) is 10.5. The molecule has 6 heteroatoms. The number of nitrogen functional groups attached to an aromatic ring is 1. The van der Waals surface area contributed by atoms with E-state index in [1.807, 2.05) is 6.07 Å². The number of carbonyl (C=O) groups is 1. The van der Waals surface area contributed by atoms with E-state index in [0.717, 1.165) is 4.40 Å². The molecule has 0 atom stereocenters. The van der Waals surface area contributed by atoms with Gasteiger partial charge in [0.05, 0.1) is 11.1 Å². The maximum atomic E-state index is 12.2. The fourth-order valence-electron chi connectivity index (χ4n) is 2.18. The van der Waals surface area contributed by atoms with Gasteiger partial charge < -0.3 is 11.5 Å². The van der Waals surface area contributed by atoms with Gasteiger partial charge in [0, 0.05) is 0 Å². The van der Waals surface area contributed by atoms with Gasteiger partial charge in [-0.1, -0.05) is 0 Å². The Balaban J connectivity index is 3.10. The molecule has 0 bridgehead atoms. The van der Waals surface area contributed by atoms with E-state index in [9.17, 15) is 9.59 Å². The van der Waals surface area contributed by atoms with Crippen molar-refractivity contribution in [1.29, 1.82) is 5.26 Å². The lowest BCUT2D eigenvalue weighted by Crippen LogP contribution is -2.25. The van der Waals surface area contributed by atoms with Crippen molar-refractivity contribution in [2.24, 2.45) is 5.73 Å². The number of nitriles is 1. The number of primary amides is 1. The van der Waals surface area contributed by atoms with E-state index in [4.69, 9.17) is 16.7 Å². The minimum absolute atomic E-state index is 0.00322. The predicted octanol–water partition coefficient (Wildman–Crippen LogP) is 0.469. The molecule has 0 radical (unpaired) electrons.